The molecule has 2 aromatic carbocycles. The minimum atomic E-state index is -0.395. The minimum Gasteiger partial charge on any atom is -0.359 e. The summed E-state index contributed by atoms with van der Waals surface area (Å²) < 4.78 is 0. The molecular weight excluding hydrogens is 442 g/mol. The predicted octanol–water partition coefficient (Wildman–Crippen LogP) is 6.92. The lowest BCUT2D eigenvalue weighted by molar-refractivity contribution is -0.383. The number of hydrogen-bond acceptors (Lipinski definition) is 8. The van der Waals surface area contributed by atoms with E-state index in [9.17, 15) is 10.1 Å². The second-order valence-electron chi connectivity index (χ2n) is 10.2. The molecule has 0 radical (unpaired) electrons. The first kappa shape index (κ1) is 21.6. The van der Waals surface area contributed by atoms with Crippen LogP contribution in [-0.4, -0.2) is 20.4 Å². The molecule has 0 saturated heterocycles. The molecule has 3 aromatic rings. The van der Waals surface area contributed by atoms with Gasteiger partial charge in [-0.2, -0.15) is 10.2 Å². The third-order valence-corrected chi connectivity index (χ3v) is 7.59. The summed E-state index contributed by atoms with van der Waals surface area (Å²) in [4.78, 5) is 20.2. The van der Waals surface area contributed by atoms with Crippen molar-refractivity contribution >= 4 is 34.4 Å². The van der Waals surface area contributed by atoms with Gasteiger partial charge in [0.05, 0.1) is 16.3 Å². The fourth-order valence-corrected chi connectivity index (χ4v) is 6.61. The van der Waals surface area contributed by atoms with Gasteiger partial charge in [-0.1, -0.05) is 18.2 Å². The second-order valence-corrected chi connectivity index (χ2v) is 10.2. The minimum absolute atomic E-state index is 0.0868. The SMILES string of the molecule is O=[N+]([O-])c1c(Nc2ccc(N=Nc3ccccc3)cc2)ncnc1NC12CC3CC(CC(C3)C1)C2. The Hall–Kier alpha value is -3.88. The molecule has 2 N–H and O–H groups in total. The molecule has 4 bridgehead atoms. The monoisotopic (exact) mass is 469 g/mol. The number of nitro groups is 1. The normalized spacial score (nSPS) is 26.7. The molecule has 0 atom stereocenters. The molecule has 178 valence electrons. The van der Waals surface area contributed by atoms with Crippen LogP contribution >= 0.6 is 0 Å². The van der Waals surface area contributed by atoms with E-state index in [2.05, 4.69) is 30.8 Å². The summed E-state index contributed by atoms with van der Waals surface area (Å²) in [5, 5.41) is 27.2. The highest BCUT2D eigenvalue weighted by atomic mass is 16.6. The topological polar surface area (TPSA) is 118 Å². The van der Waals surface area contributed by atoms with E-state index in [1.54, 1.807) is 24.3 Å². The summed E-state index contributed by atoms with van der Waals surface area (Å²) in [6.45, 7) is 0. The molecule has 0 aliphatic heterocycles. The Kier molecular flexibility index (Phi) is 5.39. The lowest BCUT2D eigenvalue weighted by Crippen LogP contribution is -2.55. The van der Waals surface area contributed by atoms with Crippen molar-refractivity contribution < 1.29 is 4.92 Å². The molecular formula is C26H27N7O2. The van der Waals surface area contributed by atoms with Crippen molar-refractivity contribution in [1.82, 2.24) is 9.97 Å². The molecule has 0 spiro atoms. The number of hydrogen-bond donors (Lipinski definition) is 2. The summed E-state index contributed by atoms with van der Waals surface area (Å²) in [5.41, 5.74) is 1.92. The van der Waals surface area contributed by atoms with Crippen LogP contribution in [0.3, 0.4) is 0 Å². The molecule has 35 heavy (non-hydrogen) atoms. The lowest BCUT2D eigenvalue weighted by atomic mass is 9.53. The van der Waals surface area contributed by atoms with Gasteiger partial charge in [0.25, 0.3) is 0 Å². The van der Waals surface area contributed by atoms with Gasteiger partial charge in [0.15, 0.2) is 0 Å². The highest BCUT2D eigenvalue weighted by molar-refractivity contribution is 5.74. The van der Waals surface area contributed by atoms with E-state index in [0.717, 1.165) is 42.7 Å². The molecule has 9 nitrogen and oxygen atoms in total. The molecule has 0 amide bonds. The van der Waals surface area contributed by atoms with Crippen molar-refractivity contribution in [1.29, 1.82) is 0 Å². The average Bonchev–Trinajstić information content (AvgIpc) is 2.83. The van der Waals surface area contributed by atoms with Crippen LogP contribution in [0, 0.1) is 27.9 Å². The maximum absolute atomic E-state index is 12.1. The van der Waals surface area contributed by atoms with Gasteiger partial charge in [0, 0.05) is 11.2 Å². The molecule has 4 fully saturated rings. The smallest absolute Gasteiger partial charge is 0.353 e. The fourth-order valence-electron chi connectivity index (χ4n) is 6.61. The van der Waals surface area contributed by atoms with Gasteiger partial charge in [-0.15, -0.1) is 0 Å². The van der Waals surface area contributed by atoms with E-state index in [4.69, 9.17) is 0 Å². The molecule has 4 aliphatic carbocycles. The molecule has 1 aromatic heterocycles. The molecule has 4 aliphatic rings. The Morgan fingerprint density at radius 3 is 2.00 bits per heavy atom. The van der Waals surface area contributed by atoms with Gasteiger partial charge < -0.3 is 10.6 Å². The van der Waals surface area contributed by atoms with Crippen LogP contribution < -0.4 is 10.6 Å². The molecule has 0 unspecified atom stereocenters. The Balaban J connectivity index is 1.22. The third kappa shape index (κ3) is 4.45. The molecule has 9 heteroatoms. The zero-order valence-corrected chi connectivity index (χ0v) is 19.3. The van der Waals surface area contributed by atoms with Crippen molar-refractivity contribution in [2.24, 2.45) is 28.0 Å². The van der Waals surface area contributed by atoms with Gasteiger partial charge in [0.2, 0.25) is 11.6 Å². The lowest BCUT2D eigenvalue weighted by Gasteiger charge is -2.57. The highest BCUT2D eigenvalue weighted by Gasteiger charge is 2.51. The Morgan fingerprint density at radius 1 is 0.829 bits per heavy atom. The number of rotatable bonds is 7. The van der Waals surface area contributed by atoms with Gasteiger partial charge in [-0.25, -0.2) is 9.97 Å². The van der Waals surface area contributed by atoms with Crippen LogP contribution in [0.5, 0.6) is 0 Å². The van der Waals surface area contributed by atoms with Crippen molar-refractivity contribution in [2.75, 3.05) is 10.6 Å². The number of azo groups is 1. The number of benzene rings is 2. The van der Waals surface area contributed by atoms with Crippen LogP contribution in [-0.2, 0) is 0 Å². The van der Waals surface area contributed by atoms with Crippen molar-refractivity contribution in [3.8, 4) is 0 Å². The second kappa shape index (κ2) is 8.72. The highest BCUT2D eigenvalue weighted by Crippen LogP contribution is 2.57. The zero-order chi connectivity index (χ0) is 23.8. The maximum Gasteiger partial charge on any atom is 0.353 e. The van der Waals surface area contributed by atoms with E-state index in [1.807, 2.05) is 30.3 Å². The van der Waals surface area contributed by atoms with Crippen LogP contribution in [0.1, 0.15) is 38.5 Å². The van der Waals surface area contributed by atoms with Crippen molar-refractivity contribution in [2.45, 2.75) is 44.1 Å². The van der Waals surface area contributed by atoms with E-state index < -0.39 is 4.92 Å². The summed E-state index contributed by atoms with van der Waals surface area (Å²) in [6, 6.07) is 16.7. The van der Waals surface area contributed by atoms with Crippen LogP contribution in [0.25, 0.3) is 0 Å². The zero-order valence-electron chi connectivity index (χ0n) is 19.3. The Morgan fingerprint density at radius 2 is 1.40 bits per heavy atom. The maximum atomic E-state index is 12.1. The number of nitrogens with zero attached hydrogens (tertiary/aromatic N) is 5. The van der Waals surface area contributed by atoms with Crippen molar-refractivity contribution in [3.63, 3.8) is 0 Å². The first-order valence-electron chi connectivity index (χ1n) is 12.2. The molecule has 1 heterocycles. The Labute approximate surface area is 203 Å². The predicted molar refractivity (Wildman–Crippen MR) is 134 cm³/mol. The van der Waals surface area contributed by atoms with Crippen LogP contribution in [0.15, 0.2) is 71.2 Å². The first-order chi connectivity index (χ1) is 17.1. The Bertz CT molecular complexity index is 1230. The van der Waals surface area contributed by atoms with Gasteiger partial charge in [0.1, 0.15) is 6.33 Å². The number of anilines is 3. The van der Waals surface area contributed by atoms with Gasteiger partial charge in [-0.3, -0.25) is 10.1 Å². The number of aromatic nitrogens is 2. The van der Waals surface area contributed by atoms with Crippen molar-refractivity contribution in [3.05, 3.63) is 71.0 Å². The first-order valence-corrected chi connectivity index (χ1v) is 12.2. The van der Waals surface area contributed by atoms with E-state index in [-0.39, 0.29) is 17.0 Å². The third-order valence-electron chi connectivity index (χ3n) is 7.59. The standard InChI is InChI=1S/C26H27N7O2/c34-33(35)23-24(29-20-6-8-22(9-7-20)32-31-21-4-2-1-3-5-21)27-16-28-25(23)30-26-13-17-10-18(14-26)12-19(11-17)15-26/h1-9,16-19H,10-15H2,(H2,27,28,29,30). The largest absolute Gasteiger partial charge is 0.359 e. The van der Waals surface area contributed by atoms with Gasteiger partial charge in [-0.05, 0) is 92.7 Å². The van der Waals surface area contributed by atoms with Gasteiger partial charge >= 0.3 is 5.69 Å². The fraction of sp³-hybridized carbons (Fsp3) is 0.385. The van der Waals surface area contributed by atoms with Crippen LogP contribution in [0.4, 0.5) is 34.4 Å². The average molecular weight is 470 g/mol. The van der Waals surface area contributed by atoms with E-state index in [1.165, 1.54) is 25.6 Å². The quantitative estimate of drug-likeness (QED) is 0.220. The van der Waals surface area contributed by atoms with E-state index >= 15 is 0 Å². The summed E-state index contributed by atoms with van der Waals surface area (Å²) in [5.74, 6) is 2.66. The summed E-state index contributed by atoms with van der Waals surface area (Å²) >= 11 is 0. The summed E-state index contributed by atoms with van der Waals surface area (Å²) in [7, 11) is 0. The number of nitrogens with one attached hydrogen (secondary N) is 2. The van der Waals surface area contributed by atoms with Crippen LogP contribution in [0.2, 0.25) is 0 Å². The molecule has 7 rings (SSSR count). The summed E-state index contributed by atoms with van der Waals surface area (Å²) in [6.07, 6.45) is 8.52. The van der Waals surface area contributed by atoms with E-state index in [0.29, 0.717) is 17.2 Å². The molecule has 4 saturated carbocycles.